The van der Waals surface area contributed by atoms with Gasteiger partial charge in [-0.1, -0.05) is 0 Å². The van der Waals surface area contributed by atoms with Crippen molar-refractivity contribution < 1.29 is 0 Å². The van der Waals surface area contributed by atoms with E-state index in [2.05, 4.69) is 27.1 Å². The molecule has 5 heteroatoms. The van der Waals surface area contributed by atoms with Crippen molar-refractivity contribution in [2.75, 3.05) is 24.5 Å². The molecule has 0 saturated carbocycles. The number of imidazole rings is 1. The average molecular weight is 231 g/mol. The Balaban J connectivity index is 2.08. The van der Waals surface area contributed by atoms with Crippen molar-refractivity contribution in [3.63, 3.8) is 0 Å². The van der Waals surface area contributed by atoms with E-state index in [1.807, 2.05) is 30.2 Å². The number of pyridine rings is 1. The minimum atomic E-state index is 0.556. The molecule has 2 aromatic heterocycles. The molecule has 0 aromatic carbocycles. The predicted octanol–water partition coefficient (Wildman–Crippen LogP) is 0.766. The summed E-state index contributed by atoms with van der Waals surface area (Å²) < 4.78 is 2.04. The Kier molecular flexibility index (Phi) is 2.48. The van der Waals surface area contributed by atoms with Gasteiger partial charge in [0.1, 0.15) is 5.52 Å². The molecule has 0 bridgehead atoms. The zero-order valence-corrected chi connectivity index (χ0v) is 10.2. The first-order valence-corrected chi connectivity index (χ1v) is 6.04. The largest absolute Gasteiger partial charge is 0.349 e. The molecule has 17 heavy (non-hydrogen) atoms. The third-order valence-corrected chi connectivity index (χ3v) is 3.44. The van der Waals surface area contributed by atoms with E-state index in [-0.39, 0.29) is 0 Å². The molecule has 1 aliphatic heterocycles. The van der Waals surface area contributed by atoms with Crippen LogP contribution >= 0.6 is 0 Å². The lowest BCUT2D eigenvalue weighted by Gasteiger charge is -2.38. The second kappa shape index (κ2) is 4.00. The number of nitrogens with zero attached hydrogens (tertiary/aromatic N) is 4. The van der Waals surface area contributed by atoms with Gasteiger partial charge >= 0.3 is 0 Å². The van der Waals surface area contributed by atoms with Crippen LogP contribution in [0, 0.1) is 0 Å². The summed E-state index contributed by atoms with van der Waals surface area (Å²) in [6.07, 6.45) is 3.72. The highest BCUT2D eigenvalue weighted by Gasteiger charge is 2.26. The summed E-state index contributed by atoms with van der Waals surface area (Å²) in [5, 5.41) is 3.30. The van der Waals surface area contributed by atoms with Crippen LogP contribution in [0.1, 0.15) is 6.92 Å². The number of anilines is 1. The van der Waals surface area contributed by atoms with Crippen LogP contribution in [0.2, 0.25) is 0 Å². The number of hydrogen-bond donors (Lipinski definition) is 1. The number of aromatic nitrogens is 3. The molecule has 1 fully saturated rings. The Morgan fingerprint density at radius 3 is 2.94 bits per heavy atom. The molecule has 0 atom stereocenters. The summed E-state index contributed by atoms with van der Waals surface area (Å²) in [4.78, 5) is 11.3. The predicted molar refractivity (Wildman–Crippen MR) is 68.2 cm³/mol. The summed E-state index contributed by atoms with van der Waals surface area (Å²) in [5.41, 5.74) is 2.14. The van der Waals surface area contributed by atoms with Gasteiger partial charge in [-0.25, -0.2) is 9.97 Å². The molecule has 0 amide bonds. The maximum Gasteiger partial charge on any atom is 0.157 e. The van der Waals surface area contributed by atoms with Gasteiger partial charge in [0.15, 0.2) is 5.82 Å². The quantitative estimate of drug-likeness (QED) is 0.847. The highest BCUT2D eigenvalue weighted by atomic mass is 15.3. The Bertz CT molecular complexity index is 529. The molecule has 0 unspecified atom stereocenters. The van der Waals surface area contributed by atoms with Crippen LogP contribution in [0.15, 0.2) is 18.6 Å². The van der Waals surface area contributed by atoms with Gasteiger partial charge in [0.25, 0.3) is 0 Å². The standard InChI is InChI=1S/C12H17N5/c1-3-17(9-6-13-7-9)12-11-10(4-5-14-12)16(2)8-15-11/h4-5,8-9,13H,3,6-7H2,1-2H3. The lowest BCUT2D eigenvalue weighted by atomic mass is 10.1. The molecule has 3 rings (SSSR count). The van der Waals surface area contributed by atoms with Gasteiger partial charge in [-0.15, -0.1) is 0 Å². The average Bonchev–Trinajstić information content (AvgIpc) is 2.66. The molecule has 90 valence electrons. The first-order valence-electron chi connectivity index (χ1n) is 6.04. The van der Waals surface area contributed by atoms with Gasteiger partial charge in [0.2, 0.25) is 0 Å². The van der Waals surface area contributed by atoms with Gasteiger partial charge in [-0.2, -0.15) is 0 Å². The van der Waals surface area contributed by atoms with E-state index in [4.69, 9.17) is 0 Å². The minimum absolute atomic E-state index is 0.556. The van der Waals surface area contributed by atoms with Crippen molar-refractivity contribution in [1.29, 1.82) is 0 Å². The maximum absolute atomic E-state index is 4.52. The fraction of sp³-hybridized carbons (Fsp3) is 0.500. The number of aryl methyl sites for hydroxylation is 1. The third kappa shape index (κ3) is 1.58. The third-order valence-electron chi connectivity index (χ3n) is 3.44. The van der Waals surface area contributed by atoms with E-state index in [1.54, 1.807) is 0 Å². The molecule has 3 heterocycles. The Labute approximate surface area is 100 Å². The minimum Gasteiger partial charge on any atom is -0.349 e. The molecule has 1 saturated heterocycles. The summed E-state index contributed by atoms with van der Waals surface area (Å²) >= 11 is 0. The summed E-state index contributed by atoms with van der Waals surface area (Å²) in [7, 11) is 2.01. The van der Waals surface area contributed by atoms with Gasteiger partial charge < -0.3 is 14.8 Å². The number of rotatable bonds is 3. The Hall–Kier alpha value is -1.62. The number of fused-ring (bicyclic) bond motifs is 1. The number of hydrogen-bond acceptors (Lipinski definition) is 4. The van der Waals surface area contributed by atoms with Crippen LogP contribution in [0.3, 0.4) is 0 Å². The molecule has 5 nitrogen and oxygen atoms in total. The highest BCUT2D eigenvalue weighted by Crippen LogP contribution is 2.24. The number of likely N-dealkylation sites (N-methyl/N-ethyl adjacent to an activating group) is 1. The molecule has 2 aromatic rings. The zero-order valence-electron chi connectivity index (χ0n) is 10.2. The van der Waals surface area contributed by atoms with Gasteiger partial charge in [0, 0.05) is 32.9 Å². The van der Waals surface area contributed by atoms with Crippen molar-refractivity contribution in [2.24, 2.45) is 7.05 Å². The molecular weight excluding hydrogens is 214 g/mol. The lowest BCUT2D eigenvalue weighted by Crippen LogP contribution is -2.57. The number of nitrogens with one attached hydrogen (secondary N) is 1. The molecule has 0 spiro atoms. The summed E-state index contributed by atoms with van der Waals surface area (Å²) in [5.74, 6) is 1.01. The highest BCUT2D eigenvalue weighted by molar-refractivity contribution is 5.86. The van der Waals surface area contributed by atoms with Crippen LogP contribution in [-0.2, 0) is 7.05 Å². The van der Waals surface area contributed by atoms with E-state index in [1.165, 1.54) is 0 Å². The molecule has 1 N–H and O–H groups in total. The van der Waals surface area contributed by atoms with Crippen LogP contribution in [0.4, 0.5) is 5.82 Å². The lowest BCUT2D eigenvalue weighted by molar-refractivity contribution is 0.416. The molecular formula is C12H17N5. The summed E-state index contributed by atoms with van der Waals surface area (Å²) in [6, 6.07) is 2.57. The fourth-order valence-electron chi connectivity index (χ4n) is 2.33. The van der Waals surface area contributed by atoms with Crippen molar-refractivity contribution in [3.8, 4) is 0 Å². The van der Waals surface area contributed by atoms with Crippen LogP contribution in [0.5, 0.6) is 0 Å². The van der Waals surface area contributed by atoms with E-state index >= 15 is 0 Å². The molecule has 0 aliphatic carbocycles. The normalized spacial score (nSPS) is 16.1. The molecule has 1 aliphatic rings. The van der Waals surface area contributed by atoms with E-state index < -0.39 is 0 Å². The summed E-state index contributed by atoms with van der Waals surface area (Å²) in [6.45, 7) is 5.22. The van der Waals surface area contributed by atoms with Crippen molar-refractivity contribution >= 4 is 16.9 Å². The Morgan fingerprint density at radius 1 is 1.47 bits per heavy atom. The topological polar surface area (TPSA) is 46.0 Å². The van der Waals surface area contributed by atoms with Crippen molar-refractivity contribution in [3.05, 3.63) is 18.6 Å². The monoisotopic (exact) mass is 231 g/mol. The second-order valence-corrected chi connectivity index (χ2v) is 4.46. The van der Waals surface area contributed by atoms with E-state index in [9.17, 15) is 0 Å². The van der Waals surface area contributed by atoms with E-state index in [0.717, 1.165) is 36.5 Å². The molecule has 0 radical (unpaired) electrons. The smallest absolute Gasteiger partial charge is 0.157 e. The Morgan fingerprint density at radius 2 is 2.29 bits per heavy atom. The van der Waals surface area contributed by atoms with Crippen molar-refractivity contribution in [2.45, 2.75) is 13.0 Å². The van der Waals surface area contributed by atoms with Crippen LogP contribution in [0.25, 0.3) is 11.0 Å². The first kappa shape index (κ1) is 10.5. The second-order valence-electron chi connectivity index (χ2n) is 4.46. The SMILES string of the molecule is CCN(c1nccc2c1ncn2C)C1CNC1. The fourth-order valence-corrected chi connectivity index (χ4v) is 2.33. The maximum atomic E-state index is 4.52. The zero-order chi connectivity index (χ0) is 11.8. The van der Waals surface area contributed by atoms with Gasteiger partial charge in [-0.3, -0.25) is 0 Å². The van der Waals surface area contributed by atoms with E-state index in [0.29, 0.717) is 6.04 Å². The first-order chi connectivity index (χ1) is 8.31. The van der Waals surface area contributed by atoms with Crippen LogP contribution in [-0.4, -0.2) is 40.2 Å². The van der Waals surface area contributed by atoms with Crippen molar-refractivity contribution in [1.82, 2.24) is 19.9 Å². The van der Waals surface area contributed by atoms with Crippen LogP contribution < -0.4 is 10.2 Å². The van der Waals surface area contributed by atoms with Gasteiger partial charge in [0.05, 0.1) is 17.9 Å². The van der Waals surface area contributed by atoms with Gasteiger partial charge in [-0.05, 0) is 13.0 Å².